The Kier molecular flexibility index (Phi) is 4.33. The van der Waals surface area contributed by atoms with E-state index in [1.165, 1.54) is 0 Å². The van der Waals surface area contributed by atoms with Gasteiger partial charge in [-0.15, -0.1) is 0 Å². The highest BCUT2D eigenvalue weighted by atomic mass is 14.3. The van der Waals surface area contributed by atoms with Gasteiger partial charge >= 0.3 is 0 Å². The Morgan fingerprint density at radius 1 is 1.30 bits per heavy atom. The third kappa shape index (κ3) is 3.92. The lowest BCUT2D eigenvalue weighted by molar-refractivity contribution is 0.489. The van der Waals surface area contributed by atoms with Crippen LogP contribution in [0.4, 0.5) is 0 Å². The van der Waals surface area contributed by atoms with Crippen LogP contribution in [0.1, 0.15) is 26.7 Å². The summed E-state index contributed by atoms with van der Waals surface area (Å²) in [6, 6.07) is 4.11. The van der Waals surface area contributed by atoms with Crippen LogP contribution >= 0.6 is 0 Å². The van der Waals surface area contributed by atoms with Gasteiger partial charge in [-0.2, -0.15) is 10.5 Å². The molecule has 0 saturated carbocycles. The molecule has 1 atom stereocenters. The lowest BCUT2D eigenvalue weighted by atomic mass is 9.96. The fourth-order valence-electron chi connectivity index (χ4n) is 0.861. The van der Waals surface area contributed by atoms with Gasteiger partial charge in [0, 0.05) is 0 Å². The maximum atomic E-state index is 8.50. The molecule has 0 unspecified atom stereocenters. The van der Waals surface area contributed by atoms with Crippen LogP contribution in [0.3, 0.4) is 0 Å². The second-order valence-electron chi connectivity index (χ2n) is 2.82. The van der Waals surface area contributed by atoms with Crippen LogP contribution in [0.2, 0.25) is 0 Å². The van der Waals surface area contributed by atoms with E-state index in [4.69, 9.17) is 10.5 Å². The Labute approximate surface area is 62.1 Å². The Morgan fingerprint density at radius 3 is 2.20 bits per heavy atom. The molecule has 0 aliphatic carbocycles. The smallest absolute Gasteiger partial charge is 0.0666 e. The first-order valence-electron chi connectivity index (χ1n) is 3.47. The molecule has 0 saturated heterocycles. The Balaban J connectivity index is 3.66. The third-order valence-corrected chi connectivity index (χ3v) is 1.28. The number of hydrogen-bond donors (Lipinski definition) is 0. The second-order valence-corrected chi connectivity index (χ2v) is 2.82. The molecule has 0 N–H and O–H groups in total. The number of hydrogen-bond acceptors (Lipinski definition) is 2. The van der Waals surface area contributed by atoms with Crippen molar-refractivity contribution in [2.45, 2.75) is 26.7 Å². The minimum Gasteiger partial charge on any atom is -0.198 e. The van der Waals surface area contributed by atoms with Gasteiger partial charge in [0.15, 0.2) is 0 Å². The third-order valence-electron chi connectivity index (χ3n) is 1.28. The first kappa shape index (κ1) is 8.98. The van der Waals surface area contributed by atoms with Crippen LogP contribution < -0.4 is 0 Å². The zero-order chi connectivity index (χ0) is 7.98. The molecule has 0 rings (SSSR count). The molecule has 0 aliphatic rings. The van der Waals surface area contributed by atoms with E-state index in [0.717, 1.165) is 6.42 Å². The van der Waals surface area contributed by atoms with E-state index in [1.54, 1.807) is 0 Å². The summed E-state index contributed by atoms with van der Waals surface area (Å²) in [5.74, 6) is 0.447. The zero-order valence-electron chi connectivity index (χ0n) is 6.46. The van der Waals surface area contributed by atoms with E-state index in [1.807, 2.05) is 6.07 Å². The van der Waals surface area contributed by atoms with E-state index in [0.29, 0.717) is 12.3 Å². The Hall–Kier alpha value is -1.02. The van der Waals surface area contributed by atoms with E-state index < -0.39 is 0 Å². The molecule has 10 heavy (non-hydrogen) atoms. The highest BCUT2D eigenvalue weighted by Gasteiger charge is 2.07. The summed E-state index contributed by atoms with van der Waals surface area (Å²) in [7, 11) is 0. The second kappa shape index (κ2) is 4.82. The fourth-order valence-corrected chi connectivity index (χ4v) is 0.861. The summed E-state index contributed by atoms with van der Waals surface area (Å²) in [5, 5.41) is 16.8. The van der Waals surface area contributed by atoms with Gasteiger partial charge in [0.05, 0.1) is 24.5 Å². The molecule has 2 nitrogen and oxygen atoms in total. The van der Waals surface area contributed by atoms with E-state index >= 15 is 0 Å². The normalized spacial score (nSPS) is 12.1. The molecule has 0 aromatic carbocycles. The molecule has 2 heteroatoms. The lowest BCUT2D eigenvalue weighted by Gasteiger charge is -2.05. The summed E-state index contributed by atoms with van der Waals surface area (Å²) in [5.41, 5.74) is 0. The van der Waals surface area contributed by atoms with Crippen molar-refractivity contribution in [2.24, 2.45) is 11.8 Å². The molecule has 0 amide bonds. The van der Waals surface area contributed by atoms with E-state index in [-0.39, 0.29) is 5.92 Å². The summed E-state index contributed by atoms with van der Waals surface area (Å²) < 4.78 is 0. The van der Waals surface area contributed by atoms with Crippen molar-refractivity contribution in [3.8, 4) is 12.1 Å². The molecule has 0 spiro atoms. The van der Waals surface area contributed by atoms with Crippen molar-refractivity contribution < 1.29 is 0 Å². The van der Waals surface area contributed by atoms with Crippen molar-refractivity contribution >= 4 is 0 Å². The van der Waals surface area contributed by atoms with Crippen molar-refractivity contribution in [1.82, 2.24) is 0 Å². The van der Waals surface area contributed by atoms with Gasteiger partial charge in [-0.1, -0.05) is 13.8 Å². The van der Waals surface area contributed by atoms with E-state index in [9.17, 15) is 0 Å². The molecule has 0 bridgehead atoms. The van der Waals surface area contributed by atoms with Gasteiger partial charge in [0.25, 0.3) is 0 Å². The number of rotatable bonds is 3. The molecule has 0 heterocycles. The van der Waals surface area contributed by atoms with Gasteiger partial charge in [0.2, 0.25) is 0 Å². The van der Waals surface area contributed by atoms with Crippen molar-refractivity contribution in [1.29, 1.82) is 10.5 Å². The Morgan fingerprint density at radius 2 is 1.90 bits per heavy atom. The Bertz CT molecular complexity index is 159. The van der Waals surface area contributed by atoms with Crippen molar-refractivity contribution in [3.63, 3.8) is 0 Å². The minimum absolute atomic E-state index is 0.0648. The molecule has 0 aromatic heterocycles. The largest absolute Gasteiger partial charge is 0.198 e. The molecule has 0 radical (unpaired) electrons. The molecule has 0 aromatic rings. The standard InChI is InChI=1S/C8H12N2/c1-7(2)5-8(6-10)3-4-9/h7-8H,3,5H2,1-2H3/t8-/m0/s1. The summed E-state index contributed by atoms with van der Waals surface area (Å²) in [4.78, 5) is 0. The fraction of sp³-hybridized carbons (Fsp3) is 0.750. The van der Waals surface area contributed by atoms with Gasteiger partial charge in [-0.3, -0.25) is 0 Å². The maximum absolute atomic E-state index is 8.50. The topological polar surface area (TPSA) is 47.6 Å². The minimum atomic E-state index is -0.0648. The van der Waals surface area contributed by atoms with Gasteiger partial charge in [-0.25, -0.2) is 0 Å². The molecular weight excluding hydrogens is 124 g/mol. The van der Waals surface area contributed by atoms with Crippen LogP contribution in [0.25, 0.3) is 0 Å². The SMILES string of the molecule is CC(C)C[C@@H](C#N)CC#N. The van der Waals surface area contributed by atoms with Crippen LogP contribution in [0.15, 0.2) is 0 Å². The number of nitrogens with zero attached hydrogens (tertiary/aromatic N) is 2. The summed E-state index contributed by atoms with van der Waals surface area (Å²) in [6.07, 6.45) is 1.21. The van der Waals surface area contributed by atoms with E-state index in [2.05, 4.69) is 19.9 Å². The van der Waals surface area contributed by atoms with Crippen molar-refractivity contribution in [3.05, 3.63) is 0 Å². The number of nitriles is 2. The highest BCUT2D eigenvalue weighted by molar-refractivity contribution is 4.90. The summed E-state index contributed by atoms with van der Waals surface area (Å²) in [6.45, 7) is 4.11. The summed E-state index contributed by atoms with van der Waals surface area (Å²) >= 11 is 0. The van der Waals surface area contributed by atoms with Gasteiger partial charge in [-0.05, 0) is 12.3 Å². The van der Waals surface area contributed by atoms with Crippen LogP contribution in [-0.2, 0) is 0 Å². The van der Waals surface area contributed by atoms with Gasteiger partial charge < -0.3 is 0 Å². The van der Waals surface area contributed by atoms with Crippen LogP contribution in [0.5, 0.6) is 0 Å². The maximum Gasteiger partial charge on any atom is 0.0666 e. The average molecular weight is 136 g/mol. The van der Waals surface area contributed by atoms with Crippen LogP contribution in [0, 0.1) is 34.5 Å². The average Bonchev–Trinajstić information content (AvgIpc) is 1.86. The highest BCUT2D eigenvalue weighted by Crippen LogP contribution is 2.13. The molecule has 54 valence electrons. The predicted octanol–water partition coefficient (Wildman–Crippen LogP) is 2.09. The molecule has 0 fully saturated rings. The van der Waals surface area contributed by atoms with Gasteiger partial charge in [0.1, 0.15) is 0 Å². The molecule has 0 aliphatic heterocycles. The monoisotopic (exact) mass is 136 g/mol. The molecular formula is C8H12N2. The zero-order valence-corrected chi connectivity index (χ0v) is 6.46. The van der Waals surface area contributed by atoms with Crippen LogP contribution in [-0.4, -0.2) is 0 Å². The quantitative estimate of drug-likeness (QED) is 0.596. The lowest BCUT2D eigenvalue weighted by Crippen LogP contribution is -2.00. The van der Waals surface area contributed by atoms with Crippen molar-refractivity contribution in [2.75, 3.05) is 0 Å². The first-order valence-corrected chi connectivity index (χ1v) is 3.47. The predicted molar refractivity (Wildman–Crippen MR) is 38.8 cm³/mol. The first-order chi connectivity index (χ1) is 4.70.